The third-order valence-electron chi connectivity index (χ3n) is 3.68. The van der Waals surface area contributed by atoms with Crippen molar-refractivity contribution in [2.45, 2.75) is 31.8 Å². The highest BCUT2D eigenvalue weighted by Crippen LogP contribution is 2.19. The molecule has 2 nitrogen and oxygen atoms in total. The Kier molecular flexibility index (Phi) is 4.82. The second kappa shape index (κ2) is 6.39. The van der Waals surface area contributed by atoms with Crippen LogP contribution in [0, 0.1) is 17.5 Å². The van der Waals surface area contributed by atoms with E-state index in [0.29, 0.717) is 18.7 Å². The Morgan fingerprint density at radius 1 is 1.11 bits per heavy atom. The summed E-state index contributed by atoms with van der Waals surface area (Å²) in [6.45, 7) is 2.24. The van der Waals surface area contributed by atoms with Gasteiger partial charge in [-0.15, -0.1) is 0 Å². The minimum Gasteiger partial charge on any atom is -0.317 e. The standard InChI is InChI=1S/C14H19F3N2/c1-19(11-3-2-5-18-6-4-11)9-10-7-13(16)14(17)8-12(10)15/h7-8,11,18H,2-6,9H2,1H3. The largest absolute Gasteiger partial charge is 0.317 e. The quantitative estimate of drug-likeness (QED) is 0.851. The topological polar surface area (TPSA) is 15.3 Å². The van der Waals surface area contributed by atoms with Crippen LogP contribution in [-0.4, -0.2) is 31.1 Å². The molecule has 0 bridgehead atoms. The number of nitrogens with zero attached hydrogens (tertiary/aromatic N) is 1. The number of hydrogen-bond acceptors (Lipinski definition) is 2. The van der Waals surface area contributed by atoms with Crippen LogP contribution in [0.5, 0.6) is 0 Å². The van der Waals surface area contributed by atoms with Gasteiger partial charge in [0.2, 0.25) is 0 Å². The van der Waals surface area contributed by atoms with Crippen molar-refractivity contribution in [2.24, 2.45) is 0 Å². The fraction of sp³-hybridized carbons (Fsp3) is 0.571. The molecule has 1 saturated heterocycles. The number of benzene rings is 1. The Morgan fingerprint density at radius 2 is 1.84 bits per heavy atom. The average molecular weight is 272 g/mol. The van der Waals surface area contributed by atoms with E-state index in [1.807, 2.05) is 11.9 Å². The van der Waals surface area contributed by atoms with E-state index in [0.717, 1.165) is 38.4 Å². The number of rotatable bonds is 3. The van der Waals surface area contributed by atoms with Crippen LogP contribution in [0.2, 0.25) is 0 Å². The van der Waals surface area contributed by atoms with Gasteiger partial charge in [0.25, 0.3) is 0 Å². The lowest BCUT2D eigenvalue weighted by Crippen LogP contribution is -2.32. The smallest absolute Gasteiger partial charge is 0.161 e. The van der Waals surface area contributed by atoms with Crippen molar-refractivity contribution in [3.05, 3.63) is 35.1 Å². The molecule has 1 heterocycles. The second-order valence-corrected chi connectivity index (χ2v) is 5.11. The van der Waals surface area contributed by atoms with E-state index >= 15 is 0 Å². The molecule has 1 atom stereocenters. The third kappa shape index (κ3) is 3.70. The molecule has 1 fully saturated rings. The summed E-state index contributed by atoms with van der Waals surface area (Å²) < 4.78 is 39.6. The van der Waals surface area contributed by atoms with E-state index in [1.54, 1.807) is 0 Å². The Bertz CT molecular complexity index is 429. The molecule has 106 valence electrons. The molecule has 0 radical (unpaired) electrons. The van der Waals surface area contributed by atoms with E-state index in [4.69, 9.17) is 0 Å². The summed E-state index contributed by atoms with van der Waals surface area (Å²) in [6.07, 6.45) is 3.10. The molecule has 1 aliphatic heterocycles. The van der Waals surface area contributed by atoms with Gasteiger partial charge in [-0.3, -0.25) is 4.90 Å². The van der Waals surface area contributed by atoms with Gasteiger partial charge < -0.3 is 5.32 Å². The van der Waals surface area contributed by atoms with Gasteiger partial charge in [0.15, 0.2) is 11.6 Å². The van der Waals surface area contributed by atoms with Crippen molar-refractivity contribution < 1.29 is 13.2 Å². The second-order valence-electron chi connectivity index (χ2n) is 5.11. The zero-order valence-electron chi connectivity index (χ0n) is 11.1. The maximum atomic E-state index is 13.6. The van der Waals surface area contributed by atoms with Crippen LogP contribution < -0.4 is 5.32 Å². The van der Waals surface area contributed by atoms with Crippen LogP contribution in [0.1, 0.15) is 24.8 Å². The molecule has 1 aromatic rings. The molecule has 5 heteroatoms. The van der Waals surface area contributed by atoms with Crippen molar-refractivity contribution in [3.63, 3.8) is 0 Å². The van der Waals surface area contributed by atoms with Crippen molar-refractivity contribution in [3.8, 4) is 0 Å². The van der Waals surface area contributed by atoms with Crippen LogP contribution in [0.25, 0.3) is 0 Å². The highest BCUT2D eigenvalue weighted by molar-refractivity contribution is 5.20. The van der Waals surface area contributed by atoms with Crippen molar-refractivity contribution in [1.29, 1.82) is 0 Å². The monoisotopic (exact) mass is 272 g/mol. The molecule has 0 saturated carbocycles. The molecule has 0 aromatic heterocycles. The molecule has 1 unspecified atom stereocenters. The lowest BCUT2D eigenvalue weighted by Gasteiger charge is -2.27. The SMILES string of the molecule is CN(Cc1cc(F)c(F)cc1F)C1CCCNCC1. The fourth-order valence-corrected chi connectivity index (χ4v) is 2.52. The Hall–Kier alpha value is -1.07. The fourth-order valence-electron chi connectivity index (χ4n) is 2.52. The molecule has 1 aliphatic rings. The number of nitrogens with one attached hydrogen (secondary N) is 1. The Morgan fingerprint density at radius 3 is 2.63 bits per heavy atom. The summed E-state index contributed by atoms with van der Waals surface area (Å²) in [7, 11) is 1.90. The van der Waals surface area contributed by atoms with Crippen LogP contribution >= 0.6 is 0 Å². The highest BCUT2D eigenvalue weighted by atomic mass is 19.2. The van der Waals surface area contributed by atoms with E-state index in [-0.39, 0.29) is 5.56 Å². The normalized spacial score (nSPS) is 20.6. The summed E-state index contributed by atoms with van der Waals surface area (Å²) in [4.78, 5) is 2.02. The summed E-state index contributed by atoms with van der Waals surface area (Å²) in [5.41, 5.74) is 0.207. The van der Waals surface area contributed by atoms with Crippen LogP contribution in [0.4, 0.5) is 13.2 Å². The minimum absolute atomic E-state index is 0.207. The van der Waals surface area contributed by atoms with Crippen molar-refractivity contribution in [2.75, 3.05) is 20.1 Å². The molecule has 19 heavy (non-hydrogen) atoms. The Labute approximate surface area is 111 Å². The van der Waals surface area contributed by atoms with Gasteiger partial charge in [-0.05, 0) is 45.5 Å². The van der Waals surface area contributed by atoms with Crippen LogP contribution in [0.15, 0.2) is 12.1 Å². The van der Waals surface area contributed by atoms with Gasteiger partial charge in [-0.25, -0.2) is 13.2 Å². The number of hydrogen-bond donors (Lipinski definition) is 1. The number of halogens is 3. The zero-order chi connectivity index (χ0) is 13.8. The maximum absolute atomic E-state index is 13.6. The maximum Gasteiger partial charge on any atom is 0.161 e. The minimum atomic E-state index is -1.14. The van der Waals surface area contributed by atoms with E-state index in [9.17, 15) is 13.2 Å². The lowest BCUT2D eigenvalue weighted by molar-refractivity contribution is 0.213. The van der Waals surface area contributed by atoms with Gasteiger partial charge in [-0.2, -0.15) is 0 Å². The molecular weight excluding hydrogens is 253 g/mol. The van der Waals surface area contributed by atoms with E-state index in [1.165, 1.54) is 0 Å². The lowest BCUT2D eigenvalue weighted by atomic mass is 10.1. The third-order valence-corrected chi connectivity index (χ3v) is 3.68. The van der Waals surface area contributed by atoms with Gasteiger partial charge >= 0.3 is 0 Å². The predicted molar refractivity (Wildman–Crippen MR) is 68.3 cm³/mol. The summed E-state index contributed by atoms with van der Waals surface area (Å²) in [6, 6.07) is 1.92. The molecule has 0 spiro atoms. The van der Waals surface area contributed by atoms with Crippen LogP contribution in [-0.2, 0) is 6.54 Å². The van der Waals surface area contributed by atoms with E-state index < -0.39 is 17.5 Å². The van der Waals surface area contributed by atoms with Crippen molar-refractivity contribution >= 4 is 0 Å². The molecule has 2 rings (SSSR count). The first-order valence-corrected chi connectivity index (χ1v) is 6.62. The van der Waals surface area contributed by atoms with Gasteiger partial charge in [-0.1, -0.05) is 0 Å². The average Bonchev–Trinajstić information content (AvgIpc) is 2.64. The predicted octanol–water partition coefficient (Wildman–Crippen LogP) is 2.68. The summed E-state index contributed by atoms with van der Waals surface area (Å²) >= 11 is 0. The first kappa shape index (κ1) is 14.3. The Balaban J connectivity index is 2.05. The van der Waals surface area contributed by atoms with Gasteiger partial charge in [0.1, 0.15) is 5.82 Å². The molecule has 1 aromatic carbocycles. The first-order chi connectivity index (χ1) is 9.08. The highest BCUT2D eigenvalue weighted by Gasteiger charge is 2.19. The van der Waals surface area contributed by atoms with Gasteiger partial charge in [0.05, 0.1) is 0 Å². The summed E-state index contributed by atoms with van der Waals surface area (Å²) in [5, 5.41) is 3.31. The summed E-state index contributed by atoms with van der Waals surface area (Å²) in [5.74, 6) is -2.81. The molecule has 0 aliphatic carbocycles. The molecule has 1 N–H and O–H groups in total. The van der Waals surface area contributed by atoms with E-state index in [2.05, 4.69) is 5.32 Å². The first-order valence-electron chi connectivity index (χ1n) is 6.62. The molecule has 0 amide bonds. The zero-order valence-corrected chi connectivity index (χ0v) is 11.1. The molecular formula is C14H19F3N2. The van der Waals surface area contributed by atoms with Gasteiger partial charge in [0, 0.05) is 24.2 Å². The van der Waals surface area contributed by atoms with Crippen LogP contribution in [0.3, 0.4) is 0 Å². The van der Waals surface area contributed by atoms with Crippen molar-refractivity contribution in [1.82, 2.24) is 10.2 Å².